The van der Waals surface area contributed by atoms with Crippen molar-refractivity contribution in [1.29, 1.82) is 0 Å². The van der Waals surface area contributed by atoms with Crippen molar-refractivity contribution in [1.82, 2.24) is 29.5 Å². The molecule has 0 atom stereocenters. The van der Waals surface area contributed by atoms with E-state index >= 15 is 0 Å². The lowest BCUT2D eigenvalue weighted by Crippen LogP contribution is -2.13. The molecule has 0 saturated heterocycles. The molecule has 0 aliphatic rings. The van der Waals surface area contributed by atoms with Crippen LogP contribution in [-0.4, -0.2) is 36.0 Å². The number of unbranched alkanes of at least 4 members (excludes halogenated alkanes) is 1. The van der Waals surface area contributed by atoms with Crippen molar-refractivity contribution >= 4 is 16.7 Å². The zero-order valence-electron chi connectivity index (χ0n) is 18.4. The van der Waals surface area contributed by atoms with Gasteiger partial charge >= 0.3 is 0 Å². The fraction of sp³-hybridized carbons (Fsp3) is 0.200. The third kappa shape index (κ3) is 4.41. The van der Waals surface area contributed by atoms with E-state index in [1.165, 1.54) is 0 Å². The van der Waals surface area contributed by atoms with Crippen LogP contribution < -0.4 is 10.9 Å². The summed E-state index contributed by atoms with van der Waals surface area (Å²) in [6.45, 7) is 2.77. The molecule has 0 saturated carbocycles. The second kappa shape index (κ2) is 9.12. The van der Waals surface area contributed by atoms with Gasteiger partial charge in [-0.25, -0.2) is 9.97 Å². The number of aromatic amines is 2. The summed E-state index contributed by atoms with van der Waals surface area (Å²) in [5.41, 5.74) is 5.93. The van der Waals surface area contributed by atoms with Gasteiger partial charge in [0.1, 0.15) is 11.4 Å². The van der Waals surface area contributed by atoms with Gasteiger partial charge in [-0.2, -0.15) is 0 Å². The van der Waals surface area contributed by atoms with Gasteiger partial charge in [0.25, 0.3) is 5.56 Å². The maximum atomic E-state index is 12.8. The molecule has 0 amide bonds. The molecule has 8 nitrogen and oxygen atoms in total. The molecule has 4 heterocycles. The number of imidazole rings is 2. The quantitative estimate of drug-likeness (QED) is 0.314. The predicted octanol–water partition coefficient (Wildman–Crippen LogP) is 4.24. The number of nitrogens with zero attached hydrogens (tertiary/aromatic N) is 4. The predicted molar refractivity (Wildman–Crippen MR) is 130 cm³/mol. The van der Waals surface area contributed by atoms with Crippen molar-refractivity contribution in [3.63, 3.8) is 0 Å². The van der Waals surface area contributed by atoms with E-state index < -0.39 is 0 Å². The first-order chi connectivity index (χ1) is 16.2. The van der Waals surface area contributed by atoms with Crippen LogP contribution in [0.2, 0.25) is 0 Å². The monoisotopic (exact) mass is 439 g/mol. The van der Waals surface area contributed by atoms with E-state index in [1.807, 2.05) is 54.2 Å². The second-order valence-electron chi connectivity index (χ2n) is 8.01. The Hall–Kier alpha value is -4.20. The maximum Gasteiger partial charge on any atom is 0.261 e. The van der Waals surface area contributed by atoms with E-state index in [9.17, 15) is 4.79 Å². The Kier molecular flexibility index (Phi) is 5.72. The maximum absolute atomic E-state index is 12.8. The average molecular weight is 440 g/mol. The Morgan fingerprint density at radius 2 is 2.06 bits per heavy atom. The van der Waals surface area contributed by atoms with Crippen LogP contribution in [-0.2, 0) is 6.42 Å². The lowest BCUT2D eigenvalue weighted by molar-refractivity contribution is 0.749. The van der Waals surface area contributed by atoms with Gasteiger partial charge in [-0.1, -0.05) is 6.07 Å². The first-order valence-electron chi connectivity index (χ1n) is 11.0. The van der Waals surface area contributed by atoms with Crippen molar-refractivity contribution in [2.45, 2.75) is 26.2 Å². The number of hydrogen-bond acceptors (Lipinski definition) is 5. The van der Waals surface area contributed by atoms with Crippen LogP contribution in [0.4, 0.5) is 5.69 Å². The number of hydrogen-bond donors (Lipinski definition) is 3. The van der Waals surface area contributed by atoms with Gasteiger partial charge in [0.05, 0.1) is 23.0 Å². The molecular weight excluding hydrogens is 414 g/mol. The van der Waals surface area contributed by atoms with E-state index in [0.717, 1.165) is 59.5 Å². The minimum atomic E-state index is -0.181. The van der Waals surface area contributed by atoms with E-state index in [2.05, 4.69) is 31.3 Å². The van der Waals surface area contributed by atoms with E-state index in [4.69, 9.17) is 4.98 Å². The minimum absolute atomic E-state index is 0.181. The van der Waals surface area contributed by atoms with Crippen LogP contribution in [0.15, 0.2) is 72.3 Å². The van der Waals surface area contributed by atoms with Crippen molar-refractivity contribution < 1.29 is 0 Å². The van der Waals surface area contributed by atoms with Crippen molar-refractivity contribution in [2.75, 3.05) is 11.9 Å². The van der Waals surface area contributed by atoms with Gasteiger partial charge in [0, 0.05) is 42.7 Å². The number of H-pyrrole nitrogens is 2. The number of pyridine rings is 2. The first kappa shape index (κ1) is 20.7. The van der Waals surface area contributed by atoms with Crippen LogP contribution in [0, 0.1) is 6.92 Å². The topological polar surface area (TPSA) is 104 Å². The highest BCUT2D eigenvalue weighted by Crippen LogP contribution is 2.27. The molecule has 0 aliphatic carbocycles. The summed E-state index contributed by atoms with van der Waals surface area (Å²) < 4.78 is 1.94. The summed E-state index contributed by atoms with van der Waals surface area (Å²) in [4.78, 5) is 32.1. The zero-order valence-corrected chi connectivity index (χ0v) is 18.4. The van der Waals surface area contributed by atoms with E-state index in [0.29, 0.717) is 11.4 Å². The molecule has 5 aromatic rings. The summed E-state index contributed by atoms with van der Waals surface area (Å²) >= 11 is 0. The molecule has 4 aromatic heterocycles. The Morgan fingerprint density at radius 3 is 2.88 bits per heavy atom. The summed E-state index contributed by atoms with van der Waals surface area (Å²) in [7, 11) is 0. The van der Waals surface area contributed by atoms with Crippen molar-refractivity contribution in [3.05, 3.63) is 89.1 Å². The molecule has 33 heavy (non-hydrogen) atoms. The molecule has 0 bridgehead atoms. The molecule has 3 N–H and O–H groups in total. The Balaban J connectivity index is 1.36. The molecule has 0 fully saturated rings. The fourth-order valence-corrected chi connectivity index (χ4v) is 4.01. The molecule has 0 radical (unpaired) electrons. The highest BCUT2D eigenvalue weighted by atomic mass is 16.1. The average Bonchev–Trinajstić information content (AvgIpc) is 3.50. The summed E-state index contributed by atoms with van der Waals surface area (Å²) in [5.74, 6) is 0.550. The van der Waals surface area contributed by atoms with Crippen LogP contribution >= 0.6 is 0 Å². The Bertz CT molecular complexity index is 1420. The molecular formula is C25H25N7O. The number of nitrogens with one attached hydrogen (secondary N) is 3. The number of benzene rings is 1. The van der Waals surface area contributed by atoms with Gasteiger partial charge in [-0.05, 0) is 62.1 Å². The lowest BCUT2D eigenvalue weighted by Gasteiger charge is -2.09. The molecule has 5 rings (SSSR count). The van der Waals surface area contributed by atoms with Crippen molar-refractivity contribution in [3.8, 4) is 17.1 Å². The Morgan fingerprint density at radius 1 is 1.12 bits per heavy atom. The van der Waals surface area contributed by atoms with E-state index in [1.54, 1.807) is 18.7 Å². The largest absolute Gasteiger partial charge is 0.384 e. The number of fused-ring (bicyclic) bond motifs is 1. The van der Waals surface area contributed by atoms with E-state index in [-0.39, 0.29) is 5.56 Å². The standard InChI is InChI=1S/C25H25N7O/c1-17-14-19(32-13-12-26-16-32)15-21-23(17)31-24(30-21)22-20(8-11-29-25(22)33)28-10-5-3-7-18-6-2-4-9-27-18/h2,4,6,8-9,11-16H,3,5,7,10H2,1H3,(H,30,31)(H2,28,29,33). The molecule has 8 heteroatoms. The smallest absolute Gasteiger partial charge is 0.261 e. The normalized spacial score (nSPS) is 11.2. The van der Waals surface area contributed by atoms with Gasteiger partial charge in [0.15, 0.2) is 0 Å². The molecule has 0 spiro atoms. The number of aromatic nitrogens is 6. The van der Waals surface area contributed by atoms with Crippen LogP contribution in [0.3, 0.4) is 0 Å². The van der Waals surface area contributed by atoms with Gasteiger partial charge in [-0.3, -0.25) is 9.78 Å². The van der Waals surface area contributed by atoms with Gasteiger partial charge in [-0.15, -0.1) is 0 Å². The Labute approximate surface area is 190 Å². The third-order valence-corrected chi connectivity index (χ3v) is 5.66. The SMILES string of the molecule is Cc1cc(-n2ccnc2)cc2[nH]c(-c3c(NCCCCc4ccccn4)cc[nH]c3=O)nc12. The summed E-state index contributed by atoms with van der Waals surface area (Å²) in [6, 6.07) is 11.9. The van der Waals surface area contributed by atoms with Crippen LogP contribution in [0.25, 0.3) is 28.1 Å². The minimum Gasteiger partial charge on any atom is -0.384 e. The van der Waals surface area contributed by atoms with Gasteiger partial charge < -0.3 is 19.9 Å². The van der Waals surface area contributed by atoms with Crippen LogP contribution in [0.5, 0.6) is 0 Å². The second-order valence-corrected chi connectivity index (χ2v) is 8.01. The lowest BCUT2D eigenvalue weighted by atomic mass is 10.1. The molecule has 0 unspecified atom stereocenters. The molecule has 166 valence electrons. The van der Waals surface area contributed by atoms with Gasteiger partial charge in [0.2, 0.25) is 0 Å². The number of anilines is 1. The van der Waals surface area contributed by atoms with Crippen molar-refractivity contribution in [2.24, 2.45) is 0 Å². The fourth-order valence-electron chi connectivity index (χ4n) is 4.01. The first-order valence-corrected chi connectivity index (χ1v) is 11.0. The zero-order chi connectivity index (χ0) is 22.6. The number of aryl methyl sites for hydroxylation is 2. The summed E-state index contributed by atoms with van der Waals surface area (Å²) in [5, 5.41) is 3.42. The molecule has 1 aromatic carbocycles. The molecule has 0 aliphatic heterocycles. The van der Waals surface area contributed by atoms with Crippen LogP contribution in [0.1, 0.15) is 24.1 Å². The highest BCUT2D eigenvalue weighted by molar-refractivity contribution is 5.86. The third-order valence-electron chi connectivity index (χ3n) is 5.66. The highest BCUT2D eigenvalue weighted by Gasteiger charge is 2.16. The number of rotatable bonds is 8. The summed E-state index contributed by atoms with van der Waals surface area (Å²) in [6.07, 6.45) is 11.8.